The molecule has 80 valence electrons. The molecule has 14 heavy (non-hydrogen) atoms. The average molecular weight is 198 g/mol. The lowest BCUT2D eigenvalue weighted by molar-refractivity contribution is -0.159. The van der Waals surface area contributed by atoms with E-state index in [0.29, 0.717) is 19.0 Å². The lowest BCUT2D eigenvalue weighted by atomic mass is 9.90. The van der Waals surface area contributed by atoms with Gasteiger partial charge in [0, 0.05) is 26.2 Å². The fraction of sp³-hybridized carbons (Fsp3) is 0.900. The number of carbonyl (C=O) groups is 1. The average Bonchev–Trinajstić information content (AvgIpc) is 1.98. The van der Waals surface area contributed by atoms with E-state index in [4.69, 9.17) is 0 Å². The van der Waals surface area contributed by atoms with Crippen LogP contribution in [-0.2, 0) is 4.79 Å². The molecule has 2 atom stereocenters. The van der Waals surface area contributed by atoms with Crippen LogP contribution in [-0.4, -0.2) is 47.3 Å². The Kier molecular flexibility index (Phi) is 2.74. The molecule has 0 aromatic carbocycles. The van der Waals surface area contributed by atoms with Gasteiger partial charge in [-0.1, -0.05) is 6.92 Å². The molecular formula is C10H18N2O2. The fourth-order valence-corrected chi connectivity index (χ4v) is 2.30. The van der Waals surface area contributed by atoms with Crippen LogP contribution in [0.3, 0.4) is 0 Å². The van der Waals surface area contributed by atoms with E-state index in [9.17, 15) is 10.0 Å². The zero-order chi connectivity index (χ0) is 10.1. The highest BCUT2D eigenvalue weighted by molar-refractivity contribution is 5.79. The van der Waals surface area contributed by atoms with Gasteiger partial charge in [-0.05, 0) is 18.8 Å². The molecule has 2 aliphatic heterocycles. The number of nitrogens with zero attached hydrogens (tertiary/aromatic N) is 2. The van der Waals surface area contributed by atoms with Gasteiger partial charge in [0.15, 0.2) is 0 Å². The molecule has 2 rings (SSSR count). The second-order valence-corrected chi connectivity index (χ2v) is 4.59. The third-order valence-corrected chi connectivity index (χ3v) is 3.16. The van der Waals surface area contributed by atoms with E-state index in [1.54, 1.807) is 0 Å². The molecule has 1 N–H and O–H groups in total. The Balaban J connectivity index is 1.92. The molecule has 2 aliphatic rings. The Bertz CT molecular complexity index is 218. The molecule has 0 bridgehead atoms. The Morgan fingerprint density at radius 1 is 1.36 bits per heavy atom. The molecule has 0 saturated carbocycles. The third kappa shape index (κ3) is 1.91. The molecule has 2 fully saturated rings. The highest BCUT2D eigenvalue weighted by Crippen LogP contribution is 2.23. The van der Waals surface area contributed by atoms with E-state index >= 15 is 0 Å². The maximum absolute atomic E-state index is 11.9. The Hall–Kier alpha value is -0.610. The van der Waals surface area contributed by atoms with Crippen molar-refractivity contribution in [1.29, 1.82) is 0 Å². The SMILES string of the molecule is CC1CC(C(=O)N2CCC2)CN(O)C1. The second-order valence-electron chi connectivity index (χ2n) is 4.59. The smallest absolute Gasteiger partial charge is 0.227 e. The first-order chi connectivity index (χ1) is 6.66. The Labute approximate surface area is 84.4 Å². The topological polar surface area (TPSA) is 43.8 Å². The van der Waals surface area contributed by atoms with Crippen LogP contribution in [0.2, 0.25) is 0 Å². The molecule has 1 amide bonds. The minimum atomic E-state index is 0.0176. The van der Waals surface area contributed by atoms with Gasteiger partial charge in [0.25, 0.3) is 0 Å². The molecular weight excluding hydrogens is 180 g/mol. The molecule has 2 unspecified atom stereocenters. The molecule has 0 spiro atoms. The summed E-state index contributed by atoms with van der Waals surface area (Å²) in [5.41, 5.74) is 0. The van der Waals surface area contributed by atoms with Crippen LogP contribution in [0, 0.1) is 11.8 Å². The normalized spacial score (nSPS) is 34.0. The lowest BCUT2D eigenvalue weighted by Gasteiger charge is -2.38. The van der Waals surface area contributed by atoms with Crippen LogP contribution >= 0.6 is 0 Å². The maximum Gasteiger partial charge on any atom is 0.227 e. The number of hydrogen-bond acceptors (Lipinski definition) is 3. The molecule has 0 aromatic rings. The Morgan fingerprint density at radius 3 is 2.57 bits per heavy atom. The highest BCUT2D eigenvalue weighted by atomic mass is 16.5. The van der Waals surface area contributed by atoms with Crippen LogP contribution in [0.4, 0.5) is 0 Å². The summed E-state index contributed by atoms with van der Waals surface area (Å²) in [6.07, 6.45) is 2.06. The minimum absolute atomic E-state index is 0.0176. The third-order valence-electron chi connectivity index (χ3n) is 3.16. The Morgan fingerprint density at radius 2 is 2.07 bits per heavy atom. The molecule has 2 heterocycles. The zero-order valence-corrected chi connectivity index (χ0v) is 8.65. The summed E-state index contributed by atoms with van der Waals surface area (Å²) < 4.78 is 0. The molecule has 0 radical (unpaired) electrons. The quantitative estimate of drug-likeness (QED) is 0.669. The van der Waals surface area contributed by atoms with E-state index in [-0.39, 0.29) is 11.8 Å². The van der Waals surface area contributed by atoms with Crippen molar-refractivity contribution in [3.8, 4) is 0 Å². The van der Waals surface area contributed by atoms with Crippen molar-refractivity contribution in [3.05, 3.63) is 0 Å². The van der Waals surface area contributed by atoms with E-state index in [2.05, 4.69) is 6.92 Å². The van der Waals surface area contributed by atoms with Crippen molar-refractivity contribution < 1.29 is 10.0 Å². The lowest BCUT2D eigenvalue weighted by Crippen LogP contribution is -2.50. The van der Waals surface area contributed by atoms with Crippen LogP contribution in [0.5, 0.6) is 0 Å². The summed E-state index contributed by atoms with van der Waals surface area (Å²) in [5, 5.41) is 10.7. The monoisotopic (exact) mass is 198 g/mol. The van der Waals surface area contributed by atoms with E-state index in [0.717, 1.165) is 25.9 Å². The van der Waals surface area contributed by atoms with Gasteiger partial charge >= 0.3 is 0 Å². The van der Waals surface area contributed by atoms with Gasteiger partial charge in [-0.25, -0.2) is 0 Å². The maximum atomic E-state index is 11.9. The van der Waals surface area contributed by atoms with Gasteiger partial charge in [-0.3, -0.25) is 4.79 Å². The van der Waals surface area contributed by atoms with Crippen LogP contribution in [0.15, 0.2) is 0 Å². The largest absolute Gasteiger partial charge is 0.342 e. The van der Waals surface area contributed by atoms with Crippen molar-refractivity contribution in [1.82, 2.24) is 9.96 Å². The first-order valence-electron chi connectivity index (χ1n) is 5.39. The summed E-state index contributed by atoms with van der Waals surface area (Å²) in [6, 6.07) is 0. The van der Waals surface area contributed by atoms with E-state index < -0.39 is 0 Å². The number of piperidine rings is 1. The summed E-state index contributed by atoms with van der Waals surface area (Å²) >= 11 is 0. The summed E-state index contributed by atoms with van der Waals surface area (Å²) in [5.74, 6) is 0.676. The van der Waals surface area contributed by atoms with Gasteiger partial charge in [0.1, 0.15) is 0 Å². The standard InChI is InChI=1S/C10H18N2O2/c1-8-5-9(7-12(14)6-8)10(13)11-3-2-4-11/h8-9,14H,2-7H2,1H3. The fourth-order valence-electron chi connectivity index (χ4n) is 2.30. The summed E-state index contributed by atoms with van der Waals surface area (Å²) in [7, 11) is 0. The number of hydroxylamine groups is 2. The van der Waals surface area contributed by atoms with E-state index in [1.807, 2.05) is 4.90 Å². The number of likely N-dealkylation sites (tertiary alicyclic amines) is 1. The summed E-state index contributed by atoms with van der Waals surface area (Å²) in [6.45, 7) is 5.12. The predicted molar refractivity (Wildman–Crippen MR) is 51.8 cm³/mol. The van der Waals surface area contributed by atoms with Crippen molar-refractivity contribution in [3.63, 3.8) is 0 Å². The molecule has 4 heteroatoms. The molecule has 4 nitrogen and oxygen atoms in total. The van der Waals surface area contributed by atoms with Crippen molar-refractivity contribution >= 4 is 5.91 Å². The zero-order valence-electron chi connectivity index (χ0n) is 8.65. The van der Waals surface area contributed by atoms with Gasteiger partial charge in [-0.2, -0.15) is 5.06 Å². The van der Waals surface area contributed by atoms with Crippen molar-refractivity contribution in [2.24, 2.45) is 11.8 Å². The molecule has 0 aliphatic carbocycles. The molecule has 0 aromatic heterocycles. The van der Waals surface area contributed by atoms with Gasteiger partial charge in [0.2, 0.25) is 5.91 Å². The minimum Gasteiger partial charge on any atom is -0.342 e. The van der Waals surface area contributed by atoms with Crippen LogP contribution in [0.1, 0.15) is 19.8 Å². The number of carbonyl (C=O) groups excluding carboxylic acids is 1. The molecule has 2 saturated heterocycles. The van der Waals surface area contributed by atoms with Gasteiger partial charge in [0.05, 0.1) is 5.92 Å². The van der Waals surface area contributed by atoms with Crippen LogP contribution in [0.25, 0.3) is 0 Å². The van der Waals surface area contributed by atoms with Crippen LogP contribution < -0.4 is 0 Å². The van der Waals surface area contributed by atoms with E-state index in [1.165, 1.54) is 5.06 Å². The highest BCUT2D eigenvalue weighted by Gasteiger charge is 2.33. The summed E-state index contributed by atoms with van der Waals surface area (Å²) in [4.78, 5) is 13.8. The van der Waals surface area contributed by atoms with Crippen molar-refractivity contribution in [2.45, 2.75) is 19.8 Å². The second kappa shape index (κ2) is 3.87. The van der Waals surface area contributed by atoms with Crippen molar-refractivity contribution in [2.75, 3.05) is 26.2 Å². The first kappa shape index (κ1) is 9.93. The number of rotatable bonds is 1. The number of amides is 1. The number of hydrogen-bond donors (Lipinski definition) is 1. The predicted octanol–water partition coefficient (Wildman–Crippen LogP) is 0.566. The first-order valence-corrected chi connectivity index (χ1v) is 5.39. The van der Waals surface area contributed by atoms with Gasteiger partial charge < -0.3 is 10.1 Å². The van der Waals surface area contributed by atoms with Gasteiger partial charge in [-0.15, -0.1) is 0 Å².